The molecular weight excluding hydrogens is 398 g/mol. The topological polar surface area (TPSA) is 125 Å². The van der Waals surface area contributed by atoms with Crippen LogP contribution < -0.4 is 16.0 Å². The Hall–Kier alpha value is -2.90. The molecule has 8 nitrogen and oxygen atoms in total. The Labute approximate surface area is 185 Å². The van der Waals surface area contributed by atoms with Gasteiger partial charge in [-0.2, -0.15) is 0 Å². The van der Waals surface area contributed by atoms with E-state index in [0.29, 0.717) is 25.0 Å². The zero-order valence-electron chi connectivity index (χ0n) is 19.3. The molecule has 174 valence electrons. The molecule has 1 unspecified atom stereocenters. The van der Waals surface area contributed by atoms with Gasteiger partial charge in [0.05, 0.1) is 0 Å². The van der Waals surface area contributed by atoms with Gasteiger partial charge in [0.2, 0.25) is 17.7 Å². The lowest BCUT2D eigenvalue weighted by Gasteiger charge is -2.24. The van der Waals surface area contributed by atoms with Gasteiger partial charge < -0.3 is 21.1 Å². The minimum absolute atomic E-state index is 0.0791. The second-order valence-electron chi connectivity index (χ2n) is 8.03. The van der Waals surface area contributed by atoms with E-state index in [-0.39, 0.29) is 24.7 Å². The normalized spacial score (nSPS) is 13.0. The maximum atomic E-state index is 12.6. The van der Waals surface area contributed by atoms with Crippen molar-refractivity contribution in [1.29, 1.82) is 0 Å². The molecule has 3 amide bonds. The minimum Gasteiger partial charge on any atom is -0.481 e. The summed E-state index contributed by atoms with van der Waals surface area (Å²) in [6, 6.07) is -1.58. The number of aliphatic carboxylic acids is 1. The molecule has 0 aromatic carbocycles. The molecule has 2 atom stereocenters. The van der Waals surface area contributed by atoms with Crippen molar-refractivity contribution in [2.75, 3.05) is 0 Å². The molecular formula is C23H37N3O5. The summed E-state index contributed by atoms with van der Waals surface area (Å²) in [5.74, 6) is -2.14. The van der Waals surface area contributed by atoms with E-state index in [1.165, 1.54) is 6.08 Å². The molecule has 0 spiro atoms. The predicted octanol–water partition coefficient (Wildman–Crippen LogP) is 2.82. The van der Waals surface area contributed by atoms with E-state index in [1.54, 1.807) is 26.8 Å². The Morgan fingerprint density at radius 3 is 2.03 bits per heavy atom. The lowest BCUT2D eigenvalue weighted by atomic mass is 10.0. The number of carbonyl (C=O) groups is 4. The molecule has 0 rings (SSSR count). The van der Waals surface area contributed by atoms with E-state index >= 15 is 0 Å². The summed E-state index contributed by atoms with van der Waals surface area (Å²) in [7, 11) is 0. The van der Waals surface area contributed by atoms with Gasteiger partial charge in [-0.15, -0.1) is 0 Å². The molecule has 0 bridgehead atoms. The average molecular weight is 436 g/mol. The van der Waals surface area contributed by atoms with Gasteiger partial charge in [-0.1, -0.05) is 38.5 Å². The first kappa shape index (κ1) is 28.1. The van der Waals surface area contributed by atoms with Crippen LogP contribution in [0.4, 0.5) is 0 Å². The summed E-state index contributed by atoms with van der Waals surface area (Å²) < 4.78 is 0. The molecule has 8 heteroatoms. The Balaban J connectivity index is 4.75. The van der Waals surface area contributed by atoms with Crippen LogP contribution in [0.15, 0.2) is 36.1 Å². The number of hydrogen-bond acceptors (Lipinski definition) is 4. The third-order valence-corrected chi connectivity index (χ3v) is 4.40. The number of allylic oxidation sites excluding steroid dienone is 4. The number of amides is 3. The number of rotatable bonds is 14. The molecule has 0 aromatic heterocycles. The molecule has 0 fully saturated rings. The van der Waals surface area contributed by atoms with Gasteiger partial charge in [-0.3, -0.25) is 19.2 Å². The summed E-state index contributed by atoms with van der Waals surface area (Å²) in [6.07, 6.45) is 7.06. The summed E-state index contributed by atoms with van der Waals surface area (Å²) >= 11 is 0. The zero-order valence-corrected chi connectivity index (χ0v) is 19.3. The van der Waals surface area contributed by atoms with Gasteiger partial charge in [0, 0.05) is 18.5 Å². The lowest BCUT2D eigenvalue weighted by molar-refractivity contribution is -0.137. The first-order chi connectivity index (χ1) is 14.5. The van der Waals surface area contributed by atoms with E-state index in [9.17, 15) is 19.2 Å². The highest BCUT2D eigenvalue weighted by molar-refractivity contribution is 5.92. The number of carboxylic acid groups (broad SMARTS) is 1. The number of nitrogens with one attached hydrogen (secondary N) is 3. The SMILES string of the molecule is C=C/C(=C\C=C(C)C)NC(=O)C(C)NC(=O)[C@@H](NC(=O)CCCCCC(=O)O)C(C)C. The molecule has 0 saturated carbocycles. The van der Waals surface area contributed by atoms with Crippen molar-refractivity contribution in [2.24, 2.45) is 5.92 Å². The molecule has 0 radical (unpaired) electrons. The molecule has 31 heavy (non-hydrogen) atoms. The van der Waals surface area contributed by atoms with Gasteiger partial charge >= 0.3 is 5.97 Å². The van der Waals surface area contributed by atoms with Crippen molar-refractivity contribution in [3.05, 3.63) is 36.1 Å². The van der Waals surface area contributed by atoms with E-state index in [4.69, 9.17) is 5.11 Å². The molecule has 0 heterocycles. The molecule has 0 aromatic rings. The number of carboxylic acids is 1. The van der Waals surface area contributed by atoms with E-state index < -0.39 is 29.9 Å². The lowest BCUT2D eigenvalue weighted by Crippen LogP contribution is -2.54. The highest BCUT2D eigenvalue weighted by Crippen LogP contribution is 2.07. The Morgan fingerprint density at radius 1 is 0.903 bits per heavy atom. The van der Waals surface area contributed by atoms with Gasteiger partial charge in [-0.05, 0) is 51.7 Å². The Bertz CT molecular complexity index is 706. The monoisotopic (exact) mass is 435 g/mol. The predicted molar refractivity (Wildman–Crippen MR) is 121 cm³/mol. The maximum Gasteiger partial charge on any atom is 0.303 e. The summed E-state index contributed by atoms with van der Waals surface area (Å²) in [6.45, 7) is 12.7. The van der Waals surface area contributed by atoms with Crippen molar-refractivity contribution in [1.82, 2.24) is 16.0 Å². The Kier molecular flexibility index (Phi) is 13.6. The second-order valence-corrected chi connectivity index (χ2v) is 8.03. The van der Waals surface area contributed by atoms with E-state index in [1.807, 2.05) is 19.9 Å². The smallest absolute Gasteiger partial charge is 0.303 e. The average Bonchev–Trinajstić information content (AvgIpc) is 2.67. The molecule has 0 saturated heterocycles. The molecule has 0 aliphatic rings. The number of unbranched alkanes of at least 4 members (excludes halogenated alkanes) is 2. The first-order valence-electron chi connectivity index (χ1n) is 10.6. The molecule has 0 aliphatic heterocycles. The summed E-state index contributed by atoms with van der Waals surface area (Å²) in [5, 5.41) is 16.7. The van der Waals surface area contributed by atoms with Crippen LogP contribution in [-0.4, -0.2) is 40.9 Å². The van der Waals surface area contributed by atoms with Crippen LogP contribution in [0.3, 0.4) is 0 Å². The fourth-order valence-electron chi connectivity index (χ4n) is 2.56. The Morgan fingerprint density at radius 2 is 1.52 bits per heavy atom. The van der Waals surface area contributed by atoms with Gasteiger partial charge in [0.25, 0.3) is 0 Å². The fourth-order valence-corrected chi connectivity index (χ4v) is 2.56. The van der Waals surface area contributed by atoms with Crippen molar-refractivity contribution < 1.29 is 24.3 Å². The first-order valence-corrected chi connectivity index (χ1v) is 10.6. The second kappa shape index (κ2) is 15.0. The quantitative estimate of drug-likeness (QED) is 0.247. The number of hydrogen-bond donors (Lipinski definition) is 4. The van der Waals surface area contributed by atoms with Crippen molar-refractivity contribution in [3.8, 4) is 0 Å². The van der Waals surface area contributed by atoms with Crippen LogP contribution in [-0.2, 0) is 19.2 Å². The van der Waals surface area contributed by atoms with Crippen LogP contribution in [0.1, 0.15) is 66.7 Å². The van der Waals surface area contributed by atoms with Crippen molar-refractivity contribution in [2.45, 2.75) is 78.8 Å². The van der Waals surface area contributed by atoms with Crippen LogP contribution in [0, 0.1) is 5.92 Å². The highest BCUT2D eigenvalue weighted by atomic mass is 16.4. The minimum atomic E-state index is -0.855. The maximum absolute atomic E-state index is 12.6. The standard InChI is InChI=1S/C23H37N3O5/c1-7-18(14-13-15(2)3)25-22(30)17(6)24-23(31)21(16(4)5)26-19(27)11-9-8-10-12-20(28)29/h7,13-14,16-17,21H,1,8-12H2,2-6H3,(H,24,31)(H,25,30)(H,26,27)(H,28,29)/b18-14+/t17?,21-/m0/s1. The van der Waals surface area contributed by atoms with Gasteiger partial charge in [0.15, 0.2) is 0 Å². The largest absolute Gasteiger partial charge is 0.481 e. The fraction of sp³-hybridized carbons (Fsp3) is 0.565. The highest BCUT2D eigenvalue weighted by Gasteiger charge is 2.26. The third-order valence-electron chi connectivity index (χ3n) is 4.40. The number of carbonyl (C=O) groups excluding carboxylic acids is 3. The van der Waals surface area contributed by atoms with Crippen LogP contribution in [0.5, 0.6) is 0 Å². The van der Waals surface area contributed by atoms with E-state index in [2.05, 4.69) is 22.5 Å². The molecule has 0 aliphatic carbocycles. The van der Waals surface area contributed by atoms with Crippen molar-refractivity contribution in [3.63, 3.8) is 0 Å². The summed E-state index contributed by atoms with van der Waals surface area (Å²) in [5.41, 5.74) is 1.58. The summed E-state index contributed by atoms with van der Waals surface area (Å²) in [4.78, 5) is 47.7. The third kappa shape index (κ3) is 13.1. The van der Waals surface area contributed by atoms with Gasteiger partial charge in [0.1, 0.15) is 12.1 Å². The van der Waals surface area contributed by atoms with E-state index in [0.717, 1.165) is 5.57 Å². The van der Waals surface area contributed by atoms with Crippen LogP contribution in [0.2, 0.25) is 0 Å². The zero-order chi connectivity index (χ0) is 24.0. The van der Waals surface area contributed by atoms with Crippen molar-refractivity contribution >= 4 is 23.7 Å². The van der Waals surface area contributed by atoms with Crippen LogP contribution in [0.25, 0.3) is 0 Å². The molecule has 4 N–H and O–H groups in total. The van der Waals surface area contributed by atoms with Gasteiger partial charge in [-0.25, -0.2) is 0 Å². The van der Waals surface area contributed by atoms with Crippen LogP contribution >= 0.6 is 0 Å².